The Balaban J connectivity index is 1.72. The van der Waals surface area contributed by atoms with Crippen LogP contribution in [0.4, 0.5) is 8.78 Å². The average molecular weight is 331 g/mol. The Kier molecular flexibility index (Phi) is 4.71. The lowest BCUT2D eigenvalue weighted by molar-refractivity contribution is 0.572. The summed E-state index contributed by atoms with van der Waals surface area (Å²) in [5.41, 5.74) is 2.94. The van der Waals surface area contributed by atoms with Crippen LogP contribution in [-0.4, -0.2) is 25.9 Å². The van der Waals surface area contributed by atoms with Crippen LogP contribution in [0.1, 0.15) is 17.0 Å². The van der Waals surface area contributed by atoms with Gasteiger partial charge in [-0.05, 0) is 26.0 Å². The highest BCUT2D eigenvalue weighted by molar-refractivity contribution is 5.38. The van der Waals surface area contributed by atoms with Crippen molar-refractivity contribution in [2.24, 2.45) is 0 Å². The maximum Gasteiger partial charge on any atom is 0.151 e. The third kappa shape index (κ3) is 3.35. The number of aryl methyl sites for hydroxylation is 1. The van der Waals surface area contributed by atoms with Gasteiger partial charge in [0.05, 0.1) is 12.0 Å². The molecule has 126 valence electrons. The second-order valence-electron chi connectivity index (χ2n) is 5.63. The van der Waals surface area contributed by atoms with Gasteiger partial charge in [0.25, 0.3) is 0 Å². The van der Waals surface area contributed by atoms with Gasteiger partial charge in [-0.3, -0.25) is 0 Å². The molecule has 0 aliphatic carbocycles. The highest BCUT2D eigenvalue weighted by atomic mass is 19.1. The number of nitrogens with zero attached hydrogens (tertiary/aromatic N) is 4. The summed E-state index contributed by atoms with van der Waals surface area (Å²) in [4.78, 5) is 4.00. The van der Waals surface area contributed by atoms with E-state index < -0.39 is 11.6 Å². The van der Waals surface area contributed by atoms with Gasteiger partial charge in [-0.25, -0.2) is 18.4 Å². The van der Waals surface area contributed by atoms with Gasteiger partial charge in [0.2, 0.25) is 0 Å². The van der Waals surface area contributed by atoms with E-state index in [0.717, 1.165) is 36.1 Å². The molecule has 3 aromatic rings. The zero-order chi connectivity index (χ0) is 17.1. The van der Waals surface area contributed by atoms with Crippen LogP contribution in [0.3, 0.4) is 0 Å². The van der Waals surface area contributed by atoms with E-state index in [-0.39, 0.29) is 5.69 Å². The quantitative estimate of drug-likeness (QED) is 0.707. The number of hydrogen-bond donors (Lipinski definition) is 1. The summed E-state index contributed by atoms with van der Waals surface area (Å²) in [6.45, 7) is 6.01. The van der Waals surface area contributed by atoms with Crippen molar-refractivity contribution in [2.75, 3.05) is 6.54 Å². The van der Waals surface area contributed by atoms with Crippen molar-refractivity contribution >= 4 is 0 Å². The lowest BCUT2D eigenvalue weighted by Gasteiger charge is -2.08. The smallest absolute Gasteiger partial charge is 0.151 e. The van der Waals surface area contributed by atoms with Gasteiger partial charge in [-0.2, -0.15) is 5.10 Å². The lowest BCUT2D eigenvalue weighted by atomic mass is 10.2. The minimum atomic E-state index is -0.625. The van der Waals surface area contributed by atoms with Gasteiger partial charge in [0, 0.05) is 49.4 Å². The van der Waals surface area contributed by atoms with E-state index >= 15 is 0 Å². The Morgan fingerprint density at radius 1 is 1.21 bits per heavy atom. The van der Waals surface area contributed by atoms with Crippen molar-refractivity contribution in [2.45, 2.75) is 26.9 Å². The fourth-order valence-corrected chi connectivity index (χ4v) is 2.66. The Morgan fingerprint density at radius 3 is 2.75 bits per heavy atom. The van der Waals surface area contributed by atoms with Gasteiger partial charge >= 0.3 is 0 Å². The Labute approximate surface area is 138 Å². The second-order valence-corrected chi connectivity index (χ2v) is 5.63. The molecule has 0 fully saturated rings. The molecule has 0 aliphatic heterocycles. The third-order valence-corrected chi connectivity index (χ3v) is 3.99. The molecular weight excluding hydrogens is 312 g/mol. The molecule has 0 spiro atoms. The van der Waals surface area contributed by atoms with Crippen LogP contribution in [-0.2, 0) is 13.1 Å². The predicted octanol–water partition coefficient (Wildman–Crippen LogP) is 2.75. The topological polar surface area (TPSA) is 47.7 Å². The lowest BCUT2D eigenvalue weighted by Crippen LogP contribution is -2.19. The van der Waals surface area contributed by atoms with E-state index in [0.29, 0.717) is 6.54 Å². The van der Waals surface area contributed by atoms with E-state index in [1.807, 2.05) is 24.6 Å². The van der Waals surface area contributed by atoms with Crippen molar-refractivity contribution < 1.29 is 8.78 Å². The van der Waals surface area contributed by atoms with Gasteiger partial charge in [0.1, 0.15) is 11.5 Å². The van der Waals surface area contributed by atoms with E-state index in [4.69, 9.17) is 0 Å². The van der Waals surface area contributed by atoms with Crippen molar-refractivity contribution in [3.63, 3.8) is 0 Å². The zero-order valence-electron chi connectivity index (χ0n) is 13.6. The van der Waals surface area contributed by atoms with Crippen molar-refractivity contribution in [3.8, 4) is 5.69 Å². The standard InChI is InChI=1S/C17H19F2N5/c1-12-15(10-20-5-7-23-8-6-21-11-23)13(2)24(22-12)17-4-3-14(18)9-16(17)19/h3-4,6,8-9,11,20H,5,7,10H2,1-2H3. The summed E-state index contributed by atoms with van der Waals surface area (Å²) in [7, 11) is 0. The summed E-state index contributed by atoms with van der Waals surface area (Å²) < 4.78 is 30.6. The Morgan fingerprint density at radius 2 is 2.04 bits per heavy atom. The third-order valence-electron chi connectivity index (χ3n) is 3.99. The average Bonchev–Trinajstić information content (AvgIpc) is 3.14. The van der Waals surface area contributed by atoms with Crippen LogP contribution in [0.15, 0.2) is 36.9 Å². The number of rotatable bonds is 6. The molecule has 5 nitrogen and oxygen atoms in total. The number of hydrogen-bond acceptors (Lipinski definition) is 3. The largest absolute Gasteiger partial charge is 0.336 e. The molecule has 0 atom stereocenters. The zero-order valence-corrected chi connectivity index (χ0v) is 13.6. The maximum absolute atomic E-state index is 14.0. The summed E-state index contributed by atoms with van der Waals surface area (Å²) in [5, 5.41) is 7.75. The highest BCUT2D eigenvalue weighted by Gasteiger charge is 2.15. The molecule has 0 amide bonds. The van der Waals surface area contributed by atoms with Crippen LogP contribution in [0.5, 0.6) is 0 Å². The fourth-order valence-electron chi connectivity index (χ4n) is 2.66. The van der Waals surface area contributed by atoms with Crippen molar-refractivity contribution in [3.05, 3.63) is 65.5 Å². The molecule has 24 heavy (non-hydrogen) atoms. The number of imidazole rings is 1. The predicted molar refractivity (Wildman–Crippen MR) is 86.9 cm³/mol. The number of benzene rings is 1. The molecule has 0 radical (unpaired) electrons. The van der Waals surface area contributed by atoms with Crippen LogP contribution in [0, 0.1) is 25.5 Å². The number of nitrogens with one attached hydrogen (secondary N) is 1. The first-order valence-electron chi connectivity index (χ1n) is 7.73. The number of aromatic nitrogens is 4. The van der Waals surface area contributed by atoms with Crippen LogP contribution < -0.4 is 5.32 Å². The monoisotopic (exact) mass is 331 g/mol. The molecule has 3 rings (SSSR count). The summed E-state index contributed by atoms with van der Waals surface area (Å²) >= 11 is 0. The van der Waals surface area contributed by atoms with Gasteiger partial charge in [-0.15, -0.1) is 0 Å². The molecule has 0 saturated heterocycles. The fraction of sp³-hybridized carbons (Fsp3) is 0.294. The maximum atomic E-state index is 14.0. The molecule has 1 N–H and O–H groups in total. The first-order chi connectivity index (χ1) is 11.6. The van der Waals surface area contributed by atoms with E-state index in [1.54, 1.807) is 12.5 Å². The summed E-state index contributed by atoms with van der Waals surface area (Å²) in [6, 6.07) is 3.51. The first kappa shape index (κ1) is 16.3. The molecular formula is C17H19F2N5. The molecule has 2 aromatic heterocycles. The van der Waals surface area contributed by atoms with Gasteiger partial charge in [0.15, 0.2) is 5.82 Å². The van der Waals surface area contributed by atoms with E-state index in [9.17, 15) is 8.78 Å². The minimum Gasteiger partial charge on any atom is -0.336 e. The summed E-state index contributed by atoms with van der Waals surface area (Å²) in [5.74, 6) is -1.22. The molecule has 1 aromatic carbocycles. The molecule has 7 heteroatoms. The van der Waals surface area contributed by atoms with Crippen LogP contribution >= 0.6 is 0 Å². The Hall–Kier alpha value is -2.54. The second kappa shape index (κ2) is 6.92. The highest BCUT2D eigenvalue weighted by Crippen LogP contribution is 2.20. The Bertz CT molecular complexity index is 824. The molecule has 0 aliphatic rings. The SMILES string of the molecule is Cc1nn(-c2ccc(F)cc2F)c(C)c1CNCCn1ccnc1. The van der Waals surface area contributed by atoms with Crippen molar-refractivity contribution in [1.82, 2.24) is 24.6 Å². The first-order valence-corrected chi connectivity index (χ1v) is 7.73. The van der Waals surface area contributed by atoms with E-state index in [2.05, 4.69) is 15.4 Å². The molecule has 2 heterocycles. The number of halogens is 2. The molecule has 0 saturated carbocycles. The van der Waals surface area contributed by atoms with Gasteiger partial charge < -0.3 is 9.88 Å². The molecule has 0 unspecified atom stereocenters. The van der Waals surface area contributed by atoms with Crippen LogP contribution in [0.25, 0.3) is 5.69 Å². The normalized spacial score (nSPS) is 11.2. The van der Waals surface area contributed by atoms with Crippen molar-refractivity contribution in [1.29, 1.82) is 0 Å². The minimum absolute atomic E-state index is 0.252. The van der Waals surface area contributed by atoms with Crippen LogP contribution in [0.2, 0.25) is 0 Å². The molecule has 0 bridgehead atoms. The van der Waals surface area contributed by atoms with E-state index in [1.165, 1.54) is 16.8 Å². The van der Waals surface area contributed by atoms with Gasteiger partial charge in [-0.1, -0.05) is 0 Å². The summed E-state index contributed by atoms with van der Waals surface area (Å²) in [6.07, 6.45) is 5.43.